The summed E-state index contributed by atoms with van der Waals surface area (Å²) < 4.78 is 44.4. The number of hydrogen-bond donors (Lipinski definition) is 3. The maximum atomic E-state index is 13.0. The maximum Gasteiger partial charge on any atom is 0.419 e. The molecule has 3 unspecified atom stereocenters. The second kappa shape index (κ2) is 7.85. The molecule has 8 heteroatoms. The van der Waals surface area contributed by atoms with E-state index in [2.05, 4.69) is 10.6 Å². The zero-order valence-corrected chi connectivity index (χ0v) is 13.3. The smallest absolute Gasteiger partial charge is 0.419 e. The lowest BCUT2D eigenvalue weighted by Gasteiger charge is -2.21. The minimum atomic E-state index is -4.50. The Kier molecular flexibility index (Phi) is 6.06. The first-order chi connectivity index (χ1) is 11.3. The number of alkyl halides is 3. The van der Waals surface area contributed by atoms with Gasteiger partial charge in [0.15, 0.2) is 0 Å². The molecule has 1 aliphatic rings. The van der Waals surface area contributed by atoms with Crippen LogP contribution in [0.25, 0.3) is 0 Å². The molecule has 2 rings (SSSR count). The average Bonchev–Trinajstić information content (AvgIpc) is 2.97. The van der Waals surface area contributed by atoms with E-state index < -0.39 is 30.0 Å². The number of halogens is 3. The molecule has 1 aromatic carbocycles. The molecular formula is C16H21F3N2O3. The molecule has 1 saturated heterocycles. The number of carbonyl (C=O) groups excluding carboxylic acids is 1. The number of β-amino-alcohol motifs (C(OH)–C–C–N with tert-alkyl or cyclic N) is 1. The van der Waals surface area contributed by atoms with Crippen molar-refractivity contribution in [2.24, 2.45) is 0 Å². The zero-order chi connectivity index (χ0) is 17.7. The Hall–Kier alpha value is -1.80. The first kappa shape index (κ1) is 18.5. The van der Waals surface area contributed by atoms with Gasteiger partial charge in [-0.25, -0.2) is 0 Å². The molecule has 24 heavy (non-hydrogen) atoms. The van der Waals surface area contributed by atoms with Crippen LogP contribution in [0.4, 0.5) is 13.2 Å². The van der Waals surface area contributed by atoms with Crippen LogP contribution in [0.2, 0.25) is 0 Å². The van der Waals surface area contributed by atoms with E-state index in [9.17, 15) is 23.1 Å². The third-order valence-corrected chi connectivity index (χ3v) is 3.87. The Morgan fingerprint density at radius 2 is 2.17 bits per heavy atom. The molecule has 0 aromatic heterocycles. The number of benzene rings is 1. The Morgan fingerprint density at radius 3 is 2.75 bits per heavy atom. The van der Waals surface area contributed by atoms with Gasteiger partial charge in [-0.1, -0.05) is 19.1 Å². The summed E-state index contributed by atoms with van der Waals surface area (Å²) in [6, 6.07) is 4.52. The molecule has 0 spiro atoms. The summed E-state index contributed by atoms with van der Waals surface area (Å²) >= 11 is 0. The molecule has 134 valence electrons. The number of carbonyl (C=O) groups is 1. The molecule has 3 atom stereocenters. The molecule has 0 radical (unpaired) electrons. The monoisotopic (exact) mass is 346 g/mol. The normalized spacial score (nSPS) is 22.2. The quantitative estimate of drug-likeness (QED) is 0.733. The van der Waals surface area contributed by atoms with Gasteiger partial charge in [0.25, 0.3) is 0 Å². The van der Waals surface area contributed by atoms with Crippen molar-refractivity contribution in [3.63, 3.8) is 0 Å². The summed E-state index contributed by atoms with van der Waals surface area (Å²) in [5.74, 6) is -0.543. The topological polar surface area (TPSA) is 70.6 Å². The van der Waals surface area contributed by atoms with Gasteiger partial charge >= 0.3 is 6.18 Å². The van der Waals surface area contributed by atoms with Crippen molar-refractivity contribution in [3.8, 4) is 5.75 Å². The number of ether oxygens (including phenoxy) is 1. The number of aliphatic hydroxyl groups excluding tert-OH is 1. The fourth-order valence-electron chi connectivity index (χ4n) is 2.51. The Balaban J connectivity index is 1.94. The average molecular weight is 346 g/mol. The number of nitrogens with one attached hydrogen (secondary N) is 2. The summed E-state index contributed by atoms with van der Waals surface area (Å²) in [5.41, 5.74) is -0.838. The van der Waals surface area contributed by atoms with Crippen LogP contribution in [0.1, 0.15) is 25.3 Å². The number of para-hydroxylation sites is 1. The van der Waals surface area contributed by atoms with E-state index in [-0.39, 0.29) is 18.2 Å². The third kappa shape index (κ3) is 4.85. The molecule has 0 bridgehead atoms. The molecule has 0 aliphatic carbocycles. The molecule has 0 saturated carbocycles. The largest absolute Gasteiger partial charge is 0.488 e. The first-order valence-electron chi connectivity index (χ1n) is 7.83. The Morgan fingerprint density at radius 1 is 1.46 bits per heavy atom. The van der Waals surface area contributed by atoms with Crippen molar-refractivity contribution in [1.29, 1.82) is 0 Å². The molecular weight excluding hydrogens is 325 g/mol. The van der Waals surface area contributed by atoms with Crippen molar-refractivity contribution in [2.75, 3.05) is 13.1 Å². The fraction of sp³-hybridized carbons (Fsp3) is 0.562. The lowest BCUT2D eigenvalue weighted by Crippen LogP contribution is -2.44. The minimum Gasteiger partial charge on any atom is -0.488 e. The van der Waals surface area contributed by atoms with Crippen LogP contribution in [0.5, 0.6) is 5.75 Å². The number of rotatable bonds is 6. The standard InChI is InChI=1S/C16H21F3N2O3/c1-2-11(9-21-15(23)13-7-10(22)8-20-13)24-14-6-4-3-5-12(14)16(17,18)19/h3-6,10-11,13,20,22H,2,7-9H2,1H3,(H,21,23). The van der Waals surface area contributed by atoms with Crippen LogP contribution in [-0.2, 0) is 11.0 Å². The highest BCUT2D eigenvalue weighted by atomic mass is 19.4. The summed E-state index contributed by atoms with van der Waals surface area (Å²) in [4.78, 5) is 12.0. The van der Waals surface area contributed by atoms with Crippen LogP contribution in [0.3, 0.4) is 0 Å². The summed E-state index contributed by atoms with van der Waals surface area (Å²) in [7, 11) is 0. The van der Waals surface area contributed by atoms with E-state index in [0.29, 0.717) is 19.4 Å². The molecule has 1 fully saturated rings. The van der Waals surface area contributed by atoms with Gasteiger partial charge in [0, 0.05) is 6.54 Å². The highest BCUT2D eigenvalue weighted by molar-refractivity contribution is 5.82. The lowest BCUT2D eigenvalue weighted by molar-refractivity contribution is -0.139. The Bertz CT molecular complexity index is 566. The summed E-state index contributed by atoms with van der Waals surface area (Å²) in [5, 5.41) is 14.9. The van der Waals surface area contributed by atoms with Crippen molar-refractivity contribution >= 4 is 5.91 Å². The van der Waals surface area contributed by atoms with Gasteiger partial charge in [-0.15, -0.1) is 0 Å². The highest BCUT2D eigenvalue weighted by Gasteiger charge is 2.34. The van der Waals surface area contributed by atoms with Gasteiger partial charge in [0.1, 0.15) is 11.9 Å². The maximum absolute atomic E-state index is 13.0. The van der Waals surface area contributed by atoms with E-state index in [1.807, 2.05) is 0 Å². The van der Waals surface area contributed by atoms with E-state index in [1.165, 1.54) is 18.2 Å². The van der Waals surface area contributed by atoms with Gasteiger partial charge in [-0.05, 0) is 25.0 Å². The van der Waals surface area contributed by atoms with Crippen molar-refractivity contribution in [2.45, 2.75) is 44.2 Å². The summed E-state index contributed by atoms with van der Waals surface area (Å²) in [6.45, 7) is 2.21. The molecule has 1 amide bonds. The van der Waals surface area contributed by atoms with Crippen LogP contribution in [0, 0.1) is 0 Å². The van der Waals surface area contributed by atoms with Crippen molar-refractivity contribution in [1.82, 2.24) is 10.6 Å². The predicted molar refractivity (Wildman–Crippen MR) is 81.6 cm³/mol. The number of amides is 1. The van der Waals surface area contributed by atoms with Gasteiger partial charge in [0.05, 0.1) is 24.3 Å². The van der Waals surface area contributed by atoms with Crippen LogP contribution >= 0.6 is 0 Å². The SMILES string of the molecule is CCC(CNC(=O)C1CC(O)CN1)Oc1ccccc1C(F)(F)F. The van der Waals surface area contributed by atoms with E-state index in [1.54, 1.807) is 6.92 Å². The van der Waals surface area contributed by atoms with Gasteiger partial charge in [-0.3, -0.25) is 4.79 Å². The van der Waals surface area contributed by atoms with Gasteiger partial charge in [-0.2, -0.15) is 13.2 Å². The highest BCUT2D eigenvalue weighted by Crippen LogP contribution is 2.36. The summed E-state index contributed by atoms with van der Waals surface area (Å²) in [6.07, 6.45) is -4.88. The molecule has 3 N–H and O–H groups in total. The second-order valence-electron chi connectivity index (χ2n) is 5.74. The van der Waals surface area contributed by atoms with Crippen LogP contribution in [-0.4, -0.2) is 42.4 Å². The number of hydrogen-bond acceptors (Lipinski definition) is 4. The van der Waals surface area contributed by atoms with Crippen molar-refractivity contribution < 1.29 is 27.8 Å². The van der Waals surface area contributed by atoms with Gasteiger partial charge < -0.3 is 20.5 Å². The first-order valence-corrected chi connectivity index (χ1v) is 7.83. The molecule has 1 heterocycles. The van der Waals surface area contributed by atoms with Gasteiger partial charge in [0.2, 0.25) is 5.91 Å². The van der Waals surface area contributed by atoms with E-state index in [4.69, 9.17) is 4.74 Å². The molecule has 1 aromatic rings. The van der Waals surface area contributed by atoms with E-state index >= 15 is 0 Å². The zero-order valence-electron chi connectivity index (χ0n) is 13.3. The van der Waals surface area contributed by atoms with Crippen molar-refractivity contribution in [3.05, 3.63) is 29.8 Å². The minimum absolute atomic E-state index is 0.0931. The fourth-order valence-corrected chi connectivity index (χ4v) is 2.51. The molecule has 5 nitrogen and oxygen atoms in total. The third-order valence-electron chi connectivity index (χ3n) is 3.87. The molecule has 1 aliphatic heterocycles. The second-order valence-corrected chi connectivity index (χ2v) is 5.74. The van der Waals surface area contributed by atoms with Crippen LogP contribution < -0.4 is 15.4 Å². The lowest BCUT2D eigenvalue weighted by atomic mass is 10.1. The number of aliphatic hydroxyl groups is 1. The van der Waals surface area contributed by atoms with E-state index in [0.717, 1.165) is 6.07 Å². The predicted octanol–water partition coefficient (Wildman–Crippen LogP) is 1.70. The van der Waals surface area contributed by atoms with Crippen LogP contribution in [0.15, 0.2) is 24.3 Å². The Labute approximate surface area is 138 Å².